The van der Waals surface area contributed by atoms with E-state index < -0.39 is 0 Å². The van der Waals surface area contributed by atoms with Crippen LogP contribution in [0.4, 0.5) is 10.1 Å². The van der Waals surface area contributed by atoms with Gasteiger partial charge in [-0.3, -0.25) is 4.79 Å². The van der Waals surface area contributed by atoms with Gasteiger partial charge in [-0.1, -0.05) is 6.07 Å². The number of benzene rings is 1. The molecule has 114 valence electrons. The molecule has 3 rings (SSSR count). The van der Waals surface area contributed by atoms with Crippen LogP contribution in [-0.4, -0.2) is 25.7 Å². The quantitative estimate of drug-likeness (QED) is 0.894. The largest absolute Gasteiger partial charge is 0.381 e. The highest BCUT2D eigenvalue weighted by atomic mass is 19.1. The van der Waals surface area contributed by atoms with E-state index in [0.29, 0.717) is 31.0 Å². The first kappa shape index (κ1) is 14.5. The Morgan fingerprint density at radius 3 is 3.19 bits per heavy atom. The van der Waals surface area contributed by atoms with E-state index in [2.05, 4.69) is 10.6 Å². The van der Waals surface area contributed by atoms with Gasteiger partial charge in [0.25, 0.3) is 0 Å². The lowest BCUT2D eigenvalue weighted by molar-refractivity contribution is -0.116. The lowest BCUT2D eigenvalue weighted by atomic mass is 9.99. The molecule has 5 heteroatoms. The SMILES string of the molecule is O=C(CCC1CCOC1)Nc1ccc2c(c1F)CCNC2. The summed E-state index contributed by atoms with van der Waals surface area (Å²) in [6.45, 7) is 3.01. The Kier molecular flexibility index (Phi) is 4.51. The van der Waals surface area contributed by atoms with Crippen LogP contribution in [0.5, 0.6) is 0 Å². The maximum absolute atomic E-state index is 14.4. The molecular weight excluding hydrogens is 271 g/mol. The molecule has 0 radical (unpaired) electrons. The van der Waals surface area contributed by atoms with E-state index in [9.17, 15) is 9.18 Å². The van der Waals surface area contributed by atoms with Gasteiger partial charge in [-0.2, -0.15) is 0 Å². The summed E-state index contributed by atoms with van der Waals surface area (Å²) in [5.41, 5.74) is 2.03. The summed E-state index contributed by atoms with van der Waals surface area (Å²) in [4.78, 5) is 12.0. The van der Waals surface area contributed by atoms with Crippen molar-refractivity contribution >= 4 is 11.6 Å². The summed E-state index contributed by atoms with van der Waals surface area (Å²) in [5.74, 6) is 0.0800. The van der Waals surface area contributed by atoms with E-state index in [1.165, 1.54) is 0 Å². The highest BCUT2D eigenvalue weighted by Gasteiger charge is 2.19. The number of carbonyl (C=O) groups is 1. The molecule has 1 saturated heterocycles. The highest BCUT2D eigenvalue weighted by molar-refractivity contribution is 5.91. The van der Waals surface area contributed by atoms with Crippen LogP contribution in [0.15, 0.2) is 12.1 Å². The molecule has 0 aromatic heterocycles. The van der Waals surface area contributed by atoms with E-state index in [-0.39, 0.29) is 11.7 Å². The van der Waals surface area contributed by atoms with E-state index in [0.717, 1.165) is 43.7 Å². The zero-order valence-electron chi connectivity index (χ0n) is 12.1. The number of hydrogen-bond donors (Lipinski definition) is 2. The van der Waals surface area contributed by atoms with Crippen LogP contribution in [0.2, 0.25) is 0 Å². The molecule has 0 spiro atoms. The molecule has 2 aliphatic rings. The zero-order valence-corrected chi connectivity index (χ0v) is 12.1. The normalized spacial score (nSPS) is 21.1. The second-order valence-electron chi connectivity index (χ2n) is 5.81. The van der Waals surface area contributed by atoms with Gasteiger partial charge < -0.3 is 15.4 Å². The number of nitrogens with one attached hydrogen (secondary N) is 2. The Hall–Kier alpha value is -1.46. The number of halogens is 1. The number of amides is 1. The van der Waals surface area contributed by atoms with Gasteiger partial charge in [-0.05, 0) is 48.9 Å². The van der Waals surface area contributed by atoms with Gasteiger partial charge in [0.1, 0.15) is 5.82 Å². The molecule has 1 unspecified atom stereocenters. The molecule has 0 bridgehead atoms. The first-order valence-electron chi connectivity index (χ1n) is 7.62. The molecule has 1 atom stereocenters. The van der Waals surface area contributed by atoms with Crippen molar-refractivity contribution in [3.05, 3.63) is 29.1 Å². The molecule has 2 N–H and O–H groups in total. The van der Waals surface area contributed by atoms with E-state index >= 15 is 0 Å². The number of anilines is 1. The van der Waals surface area contributed by atoms with E-state index in [4.69, 9.17) is 4.74 Å². The van der Waals surface area contributed by atoms with Crippen molar-refractivity contribution in [2.24, 2.45) is 5.92 Å². The number of ether oxygens (including phenoxy) is 1. The van der Waals surface area contributed by atoms with Crippen LogP contribution in [0, 0.1) is 11.7 Å². The molecule has 0 aliphatic carbocycles. The van der Waals surface area contributed by atoms with Gasteiger partial charge in [0.05, 0.1) is 5.69 Å². The van der Waals surface area contributed by atoms with Crippen molar-refractivity contribution < 1.29 is 13.9 Å². The average molecular weight is 292 g/mol. The third-order valence-electron chi connectivity index (χ3n) is 4.29. The zero-order chi connectivity index (χ0) is 14.7. The van der Waals surface area contributed by atoms with Gasteiger partial charge in [-0.15, -0.1) is 0 Å². The highest BCUT2D eigenvalue weighted by Crippen LogP contribution is 2.25. The summed E-state index contributed by atoms with van der Waals surface area (Å²) >= 11 is 0. The predicted octanol–water partition coefficient (Wildman–Crippen LogP) is 2.23. The molecule has 1 amide bonds. The summed E-state index contributed by atoms with van der Waals surface area (Å²) in [7, 11) is 0. The number of carbonyl (C=O) groups excluding carboxylic acids is 1. The standard InChI is InChI=1S/C16H21FN2O2/c17-16-13-5-7-18-9-12(13)2-3-14(16)19-15(20)4-1-11-6-8-21-10-11/h2-3,11,18H,1,4-10H2,(H,19,20). The van der Waals surface area contributed by atoms with Crippen LogP contribution < -0.4 is 10.6 Å². The van der Waals surface area contributed by atoms with Crippen LogP contribution in [0.3, 0.4) is 0 Å². The Balaban J connectivity index is 1.60. The fourth-order valence-corrected chi connectivity index (χ4v) is 2.99. The average Bonchev–Trinajstić information content (AvgIpc) is 3.02. The second kappa shape index (κ2) is 6.54. The maximum atomic E-state index is 14.4. The predicted molar refractivity (Wildman–Crippen MR) is 78.6 cm³/mol. The van der Waals surface area contributed by atoms with Crippen molar-refractivity contribution in [2.45, 2.75) is 32.2 Å². The van der Waals surface area contributed by atoms with E-state index in [1.807, 2.05) is 6.07 Å². The fraction of sp³-hybridized carbons (Fsp3) is 0.562. The van der Waals surface area contributed by atoms with Crippen molar-refractivity contribution in [3.63, 3.8) is 0 Å². The molecule has 1 aromatic rings. The van der Waals surface area contributed by atoms with Gasteiger partial charge in [0, 0.05) is 26.2 Å². The van der Waals surface area contributed by atoms with Crippen molar-refractivity contribution in [1.82, 2.24) is 5.32 Å². The molecular formula is C16H21FN2O2. The number of rotatable bonds is 4. The number of hydrogen-bond acceptors (Lipinski definition) is 3. The number of fused-ring (bicyclic) bond motifs is 1. The van der Waals surface area contributed by atoms with Gasteiger partial charge >= 0.3 is 0 Å². The Bertz CT molecular complexity index is 527. The molecule has 2 aliphatic heterocycles. The molecule has 4 nitrogen and oxygen atoms in total. The van der Waals surface area contributed by atoms with Crippen molar-refractivity contribution in [3.8, 4) is 0 Å². The van der Waals surface area contributed by atoms with Crippen LogP contribution in [0.1, 0.15) is 30.4 Å². The molecule has 1 fully saturated rings. The first-order valence-corrected chi connectivity index (χ1v) is 7.62. The third-order valence-corrected chi connectivity index (χ3v) is 4.29. The summed E-state index contributed by atoms with van der Waals surface area (Å²) in [6, 6.07) is 3.56. The third kappa shape index (κ3) is 3.41. The van der Waals surface area contributed by atoms with Crippen LogP contribution >= 0.6 is 0 Å². The smallest absolute Gasteiger partial charge is 0.224 e. The maximum Gasteiger partial charge on any atom is 0.224 e. The Morgan fingerprint density at radius 2 is 2.38 bits per heavy atom. The lowest BCUT2D eigenvalue weighted by Crippen LogP contribution is -2.25. The van der Waals surface area contributed by atoms with E-state index in [1.54, 1.807) is 6.07 Å². The topological polar surface area (TPSA) is 50.4 Å². The monoisotopic (exact) mass is 292 g/mol. The van der Waals surface area contributed by atoms with Gasteiger partial charge in [-0.25, -0.2) is 4.39 Å². The van der Waals surface area contributed by atoms with Gasteiger partial charge in [0.2, 0.25) is 5.91 Å². The minimum Gasteiger partial charge on any atom is -0.381 e. The molecule has 21 heavy (non-hydrogen) atoms. The summed E-state index contributed by atoms with van der Waals surface area (Å²) < 4.78 is 19.7. The minimum atomic E-state index is -0.272. The first-order chi connectivity index (χ1) is 10.2. The van der Waals surface area contributed by atoms with Crippen molar-refractivity contribution in [1.29, 1.82) is 0 Å². The summed E-state index contributed by atoms with van der Waals surface area (Å²) in [6.07, 6.45) is 2.92. The Morgan fingerprint density at radius 1 is 1.48 bits per heavy atom. The molecule has 1 aromatic carbocycles. The Labute approximate surface area is 124 Å². The van der Waals surface area contributed by atoms with Crippen LogP contribution in [-0.2, 0) is 22.5 Å². The molecule has 0 saturated carbocycles. The van der Waals surface area contributed by atoms with Gasteiger partial charge in [0.15, 0.2) is 0 Å². The summed E-state index contributed by atoms with van der Waals surface area (Å²) in [5, 5.41) is 5.92. The molecule has 2 heterocycles. The van der Waals surface area contributed by atoms with Crippen molar-refractivity contribution in [2.75, 3.05) is 25.1 Å². The lowest BCUT2D eigenvalue weighted by Gasteiger charge is -2.19. The fourth-order valence-electron chi connectivity index (χ4n) is 2.99. The second-order valence-corrected chi connectivity index (χ2v) is 5.81. The minimum absolute atomic E-state index is 0.116. The van der Waals surface area contributed by atoms with Crippen LogP contribution in [0.25, 0.3) is 0 Å².